The zero-order chi connectivity index (χ0) is 21.2. The molecule has 6 nitrogen and oxygen atoms in total. The van der Waals surface area contributed by atoms with Gasteiger partial charge in [-0.1, -0.05) is 48.5 Å². The first-order chi connectivity index (χ1) is 15.2. The van der Waals surface area contributed by atoms with Gasteiger partial charge in [0.2, 0.25) is 11.8 Å². The second-order valence-electron chi connectivity index (χ2n) is 8.01. The molecule has 0 aromatic heterocycles. The van der Waals surface area contributed by atoms with Crippen molar-refractivity contribution in [3.05, 3.63) is 66.7 Å². The molecule has 5 rings (SSSR count). The molecular weight excluding hydrogens is 390 g/mol. The summed E-state index contributed by atoms with van der Waals surface area (Å²) in [6.45, 7) is 3.34. The minimum absolute atomic E-state index is 0.0158. The van der Waals surface area contributed by atoms with E-state index < -0.39 is 0 Å². The van der Waals surface area contributed by atoms with Gasteiger partial charge in [0.15, 0.2) is 0 Å². The van der Waals surface area contributed by atoms with Crippen molar-refractivity contribution in [3.63, 3.8) is 0 Å². The maximum atomic E-state index is 13.1. The molecule has 3 aromatic rings. The van der Waals surface area contributed by atoms with Crippen molar-refractivity contribution in [2.45, 2.75) is 6.42 Å². The number of nitrogens with one attached hydrogen (secondary N) is 1. The van der Waals surface area contributed by atoms with E-state index in [0.717, 1.165) is 40.9 Å². The van der Waals surface area contributed by atoms with Crippen LogP contribution >= 0.6 is 0 Å². The molecule has 2 aliphatic rings. The lowest BCUT2D eigenvalue weighted by Gasteiger charge is -2.30. The van der Waals surface area contributed by atoms with Crippen molar-refractivity contribution in [2.75, 3.05) is 48.0 Å². The quantitative estimate of drug-likeness (QED) is 0.706. The molecule has 2 aliphatic heterocycles. The molecule has 0 spiro atoms. The molecule has 31 heavy (non-hydrogen) atoms. The molecule has 2 fully saturated rings. The predicted molar refractivity (Wildman–Crippen MR) is 123 cm³/mol. The molecule has 2 saturated heterocycles. The summed E-state index contributed by atoms with van der Waals surface area (Å²) in [4.78, 5) is 29.9. The number of carbonyl (C=O) groups excluding carboxylic acids is 2. The highest BCUT2D eigenvalue weighted by molar-refractivity contribution is 6.08. The molecule has 0 saturated carbocycles. The molecule has 1 N–H and O–H groups in total. The van der Waals surface area contributed by atoms with E-state index in [1.807, 2.05) is 66.7 Å². The number of morpholine rings is 1. The number of anilines is 3. The van der Waals surface area contributed by atoms with Crippen molar-refractivity contribution < 1.29 is 14.3 Å². The summed E-state index contributed by atoms with van der Waals surface area (Å²) < 4.78 is 5.45. The summed E-state index contributed by atoms with van der Waals surface area (Å²) in [5, 5.41) is 5.19. The molecule has 2 heterocycles. The Balaban J connectivity index is 1.34. The van der Waals surface area contributed by atoms with Crippen LogP contribution in [0.1, 0.15) is 6.42 Å². The number of amides is 2. The minimum Gasteiger partial charge on any atom is -0.378 e. The van der Waals surface area contributed by atoms with Gasteiger partial charge in [-0.15, -0.1) is 0 Å². The number of fused-ring (bicyclic) bond motifs is 1. The van der Waals surface area contributed by atoms with Gasteiger partial charge in [0.05, 0.1) is 36.2 Å². The first kappa shape index (κ1) is 19.6. The number of nitrogens with zero attached hydrogens (tertiary/aromatic N) is 2. The molecule has 158 valence electrons. The van der Waals surface area contributed by atoms with Crippen molar-refractivity contribution in [1.29, 1.82) is 0 Å². The van der Waals surface area contributed by atoms with Crippen LogP contribution in [0.25, 0.3) is 10.8 Å². The van der Waals surface area contributed by atoms with Gasteiger partial charge < -0.3 is 19.9 Å². The standard InChI is InChI=1S/C25H25N3O3/c29-24-16-19(17-28(24)22-11-5-7-18-6-1-2-8-20(18)22)25(30)26-21-9-3-4-10-23(21)27-12-14-31-15-13-27/h1-11,19H,12-17H2,(H,26,30). The van der Waals surface area contributed by atoms with Crippen LogP contribution in [0, 0.1) is 5.92 Å². The van der Waals surface area contributed by atoms with Crippen LogP contribution in [0.5, 0.6) is 0 Å². The van der Waals surface area contributed by atoms with E-state index in [-0.39, 0.29) is 24.2 Å². The average Bonchev–Trinajstić information content (AvgIpc) is 3.21. The van der Waals surface area contributed by atoms with Crippen LogP contribution in [0.3, 0.4) is 0 Å². The van der Waals surface area contributed by atoms with Crippen molar-refractivity contribution in [1.82, 2.24) is 0 Å². The third-order valence-corrected chi connectivity index (χ3v) is 6.07. The third-order valence-electron chi connectivity index (χ3n) is 6.07. The summed E-state index contributed by atoms with van der Waals surface area (Å²) in [7, 11) is 0. The first-order valence-electron chi connectivity index (χ1n) is 10.7. The van der Waals surface area contributed by atoms with Crippen LogP contribution in [0.2, 0.25) is 0 Å². The van der Waals surface area contributed by atoms with Gasteiger partial charge in [0.25, 0.3) is 0 Å². The zero-order valence-electron chi connectivity index (χ0n) is 17.3. The minimum atomic E-state index is -0.385. The maximum Gasteiger partial charge on any atom is 0.229 e. The van der Waals surface area contributed by atoms with E-state index >= 15 is 0 Å². The zero-order valence-corrected chi connectivity index (χ0v) is 17.3. The van der Waals surface area contributed by atoms with Crippen LogP contribution in [-0.2, 0) is 14.3 Å². The van der Waals surface area contributed by atoms with Crippen LogP contribution in [0.15, 0.2) is 66.7 Å². The lowest BCUT2D eigenvalue weighted by molar-refractivity contribution is -0.122. The first-order valence-corrected chi connectivity index (χ1v) is 10.7. The Hall–Kier alpha value is -3.38. The Morgan fingerprint density at radius 1 is 0.903 bits per heavy atom. The van der Waals surface area contributed by atoms with Gasteiger partial charge in [-0.05, 0) is 23.6 Å². The molecule has 2 amide bonds. The van der Waals surface area contributed by atoms with E-state index in [2.05, 4.69) is 10.2 Å². The smallest absolute Gasteiger partial charge is 0.229 e. The average molecular weight is 415 g/mol. The van der Waals surface area contributed by atoms with E-state index in [4.69, 9.17) is 4.74 Å². The fourth-order valence-corrected chi connectivity index (χ4v) is 4.45. The van der Waals surface area contributed by atoms with Gasteiger partial charge in [0, 0.05) is 31.4 Å². The number of carbonyl (C=O) groups is 2. The largest absolute Gasteiger partial charge is 0.378 e. The lowest BCUT2D eigenvalue weighted by Crippen LogP contribution is -2.37. The lowest BCUT2D eigenvalue weighted by atomic mass is 10.1. The number of hydrogen-bond acceptors (Lipinski definition) is 4. The highest BCUT2D eigenvalue weighted by Crippen LogP contribution is 2.33. The maximum absolute atomic E-state index is 13.1. The molecule has 1 unspecified atom stereocenters. The second kappa shape index (κ2) is 8.40. The van der Waals surface area contributed by atoms with Gasteiger partial charge in [-0.25, -0.2) is 0 Å². The van der Waals surface area contributed by atoms with Gasteiger partial charge >= 0.3 is 0 Å². The van der Waals surface area contributed by atoms with Gasteiger partial charge in [-0.3, -0.25) is 9.59 Å². The van der Waals surface area contributed by atoms with Gasteiger partial charge in [-0.2, -0.15) is 0 Å². The van der Waals surface area contributed by atoms with E-state index in [1.165, 1.54) is 0 Å². The number of benzene rings is 3. The molecule has 0 aliphatic carbocycles. The number of para-hydroxylation sites is 2. The molecule has 1 atom stereocenters. The summed E-state index contributed by atoms with van der Waals surface area (Å²) in [6.07, 6.45) is 0.217. The Bertz CT molecular complexity index is 1120. The number of ether oxygens (including phenoxy) is 1. The van der Waals surface area contributed by atoms with Gasteiger partial charge in [0.1, 0.15) is 0 Å². The number of rotatable bonds is 4. The summed E-state index contributed by atoms with van der Waals surface area (Å²) in [6, 6.07) is 21.8. The number of hydrogen-bond donors (Lipinski definition) is 1. The highest BCUT2D eigenvalue weighted by Gasteiger charge is 2.36. The van der Waals surface area contributed by atoms with Crippen molar-refractivity contribution in [2.24, 2.45) is 5.92 Å². The van der Waals surface area contributed by atoms with Crippen LogP contribution < -0.4 is 15.1 Å². The fourth-order valence-electron chi connectivity index (χ4n) is 4.45. The molecule has 0 radical (unpaired) electrons. The Kier molecular flexibility index (Phi) is 5.30. The predicted octanol–water partition coefficient (Wildman–Crippen LogP) is 3.67. The SMILES string of the molecule is O=C(Nc1ccccc1N1CCOCC1)C1CC(=O)N(c2cccc3ccccc23)C1. The Labute approximate surface area is 181 Å². The van der Waals surface area contributed by atoms with E-state index in [0.29, 0.717) is 19.8 Å². The summed E-state index contributed by atoms with van der Waals surface area (Å²) in [5.74, 6) is -0.515. The van der Waals surface area contributed by atoms with E-state index in [1.54, 1.807) is 4.90 Å². The summed E-state index contributed by atoms with van der Waals surface area (Å²) >= 11 is 0. The molecule has 3 aromatic carbocycles. The third kappa shape index (κ3) is 3.86. The Morgan fingerprint density at radius 2 is 1.61 bits per heavy atom. The Morgan fingerprint density at radius 3 is 2.48 bits per heavy atom. The van der Waals surface area contributed by atoms with Crippen LogP contribution in [0.4, 0.5) is 17.1 Å². The summed E-state index contributed by atoms with van der Waals surface area (Å²) in [5.41, 5.74) is 2.65. The van der Waals surface area contributed by atoms with Crippen molar-refractivity contribution >= 4 is 39.6 Å². The fraction of sp³-hybridized carbons (Fsp3) is 0.280. The van der Waals surface area contributed by atoms with Crippen LogP contribution in [-0.4, -0.2) is 44.7 Å². The normalized spacial score (nSPS) is 19.1. The molecule has 0 bridgehead atoms. The monoisotopic (exact) mass is 415 g/mol. The topological polar surface area (TPSA) is 61.9 Å². The molecular formula is C25H25N3O3. The van der Waals surface area contributed by atoms with E-state index in [9.17, 15) is 9.59 Å². The van der Waals surface area contributed by atoms with Crippen molar-refractivity contribution in [3.8, 4) is 0 Å². The second-order valence-corrected chi connectivity index (χ2v) is 8.01. The highest BCUT2D eigenvalue weighted by atomic mass is 16.5. The molecule has 6 heteroatoms.